The first-order valence-electron chi connectivity index (χ1n) is 11.3. The van der Waals surface area contributed by atoms with Gasteiger partial charge in [-0.3, -0.25) is 9.59 Å². The molecule has 1 N–H and O–H groups in total. The van der Waals surface area contributed by atoms with Gasteiger partial charge in [-0.05, 0) is 59.7 Å². The van der Waals surface area contributed by atoms with E-state index >= 15 is 0 Å². The van der Waals surface area contributed by atoms with E-state index in [-0.39, 0.29) is 36.9 Å². The van der Waals surface area contributed by atoms with Crippen LogP contribution in [0.4, 0.5) is 4.39 Å². The third-order valence-electron chi connectivity index (χ3n) is 5.95. The summed E-state index contributed by atoms with van der Waals surface area (Å²) in [5.74, 6) is -0.891. The summed E-state index contributed by atoms with van der Waals surface area (Å²) in [7, 11) is 3.04. The van der Waals surface area contributed by atoms with Crippen LogP contribution in [0.5, 0.6) is 11.5 Å². The molecule has 4 rings (SSSR count). The average Bonchev–Trinajstić information content (AvgIpc) is 3.16. The Bertz CT molecular complexity index is 1250. The molecule has 0 aromatic heterocycles. The minimum absolute atomic E-state index is 0.00116. The normalized spacial score (nSPS) is 16.9. The van der Waals surface area contributed by atoms with Crippen molar-refractivity contribution in [1.29, 1.82) is 0 Å². The highest BCUT2D eigenvalue weighted by Crippen LogP contribution is 2.39. The second-order valence-corrected chi connectivity index (χ2v) is 8.20. The number of aliphatic hydroxyl groups excluding tert-OH is 1. The maximum atomic E-state index is 13.1. The Balaban J connectivity index is 1.65. The fourth-order valence-corrected chi connectivity index (χ4v) is 4.04. The summed E-state index contributed by atoms with van der Waals surface area (Å²) in [5.41, 5.74) is 1.84. The quantitative estimate of drug-likeness (QED) is 0.270. The third-order valence-corrected chi connectivity index (χ3v) is 5.95. The molecule has 1 atom stereocenters. The summed E-state index contributed by atoms with van der Waals surface area (Å²) in [5, 5.41) is 11.1. The molecule has 0 bridgehead atoms. The molecule has 1 aliphatic rings. The molecule has 1 amide bonds. The van der Waals surface area contributed by atoms with Gasteiger partial charge in [0.2, 0.25) is 0 Å². The van der Waals surface area contributed by atoms with Gasteiger partial charge in [-0.25, -0.2) is 4.39 Å². The van der Waals surface area contributed by atoms with E-state index in [2.05, 4.69) is 0 Å². The highest BCUT2D eigenvalue weighted by molar-refractivity contribution is 6.46. The first kappa shape index (κ1) is 24.9. The highest BCUT2D eigenvalue weighted by atomic mass is 19.1. The maximum Gasteiger partial charge on any atom is 0.295 e. The van der Waals surface area contributed by atoms with E-state index in [0.717, 1.165) is 5.56 Å². The van der Waals surface area contributed by atoms with Crippen LogP contribution in [0, 0.1) is 5.82 Å². The van der Waals surface area contributed by atoms with Crippen molar-refractivity contribution in [3.63, 3.8) is 0 Å². The van der Waals surface area contributed by atoms with Crippen molar-refractivity contribution in [1.82, 2.24) is 4.90 Å². The summed E-state index contributed by atoms with van der Waals surface area (Å²) in [6, 6.07) is 18.8. The Hall–Kier alpha value is -4.17. The Morgan fingerprint density at radius 1 is 0.917 bits per heavy atom. The molecule has 0 aliphatic carbocycles. The number of aliphatic hydroxyl groups is 1. The zero-order chi connectivity index (χ0) is 25.7. The number of likely N-dealkylation sites (tertiary alicyclic amines) is 1. The monoisotopic (exact) mass is 491 g/mol. The number of nitrogens with zero attached hydrogens (tertiary/aromatic N) is 1. The van der Waals surface area contributed by atoms with Crippen molar-refractivity contribution < 1.29 is 33.3 Å². The number of benzene rings is 3. The molecule has 1 saturated heterocycles. The molecular formula is C28H26FNO6. The van der Waals surface area contributed by atoms with Crippen LogP contribution in [-0.4, -0.2) is 49.1 Å². The SMILES string of the molecule is COCCN1C(=O)C(=O)/C(=C(\O)c2ccc(OC)cc2)C1c1ccc(OCc2ccc(F)cc2)cc1. The number of ketones is 1. The van der Waals surface area contributed by atoms with Crippen LogP contribution in [0.15, 0.2) is 78.4 Å². The van der Waals surface area contributed by atoms with Gasteiger partial charge in [-0.2, -0.15) is 0 Å². The van der Waals surface area contributed by atoms with Crippen molar-refractivity contribution >= 4 is 17.4 Å². The van der Waals surface area contributed by atoms with E-state index < -0.39 is 17.7 Å². The van der Waals surface area contributed by atoms with Gasteiger partial charge in [0.15, 0.2) is 0 Å². The molecular weight excluding hydrogens is 465 g/mol. The van der Waals surface area contributed by atoms with Crippen LogP contribution in [0.3, 0.4) is 0 Å². The molecule has 1 fully saturated rings. The van der Waals surface area contributed by atoms with Crippen LogP contribution in [0.1, 0.15) is 22.7 Å². The first-order valence-corrected chi connectivity index (χ1v) is 11.3. The number of rotatable bonds is 9. The third kappa shape index (κ3) is 5.23. The molecule has 8 heteroatoms. The van der Waals surface area contributed by atoms with E-state index in [1.165, 1.54) is 31.3 Å². The van der Waals surface area contributed by atoms with Crippen LogP contribution in [-0.2, 0) is 20.9 Å². The average molecular weight is 492 g/mol. The Morgan fingerprint density at radius 2 is 1.56 bits per heavy atom. The first-order chi connectivity index (χ1) is 17.4. The van der Waals surface area contributed by atoms with Crippen LogP contribution in [0.25, 0.3) is 5.76 Å². The summed E-state index contributed by atoms with van der Waals surface area (Å²) < 4.78 is 29.2. The number of methoxy groups -OCH3 is 2. The molecule has 1 aliphatic heterocycles. The minimum Gasteiger partial charge on any atom is -0.507 e. The van der Waals surface area contributed by atoms with Crippen molar-refractivity contribution in [3.05, 3.63) is 101 Å². The number of carbonyl (C=O) groups excluding carboxylic acids is 2. The number of halogens is 1. The van der Waals surface area contributed by atoms with E-state index in [1.54, 1.807) is 60.7 Å². The number of hydrogen-bond acceptors (Lipinski definition) is 6. The maximum absolute atomic E-state index is 13.1. The Labute approximate surface area is 208 Å². The Morgan fingerprint density at radius 3 is 2.17 bits per heavy atom. The molecule has 1 unspecified atom stereocenters. The lowest BCUT2D eigenvalue weighted by atomic mass is 9.95. The minimum atomic E-state index is -0.798. The molecule has 36 heavy (non-hydrogen) atoms. The van der Waals surface area contributed by atoms with Crippen molar-refractivity contribution in [3.8, 4) is 11.5 Å². The largest absolute Gasteiger partial charge is 0.507 e. The lowest BCUT2D eigenvalue weighted by Gasteiger charge is -2.25. The molecule has 3 aromatic rings. The predicted molar refractivity (Wildman–Crippen MR) is 131 cm³/mol. The zero-order valence-electron chi connectivity index (χ0n) is 19.9. The van der Waals surface area contributed by atoms with Gasteiger partial charge < -0.3 is 24.2 Å². The second kappa shape index (κ2) is 11.0. The zero-order valence-corrected chi connectivity index (χ0v) is 19.9. The fraction of sp³-hybridized carbons (Fsp3) is 0.214. The van der Waals surface area contributed by atoms with Crippen molar-refractivity contribution in [2.75, 3.05) is 27.4 Å². The van der Waals surface area contributed by atoms with Gasteiger partial charge >= 0.3 is 0 Å². The molecule has 0 saturated carbocycles. The molecule has 186 valence electrons. The number of ether oxygens (including phenoxy) is 3. The topological polar surface area (TPSA) is 85.3 Å². The lowest BCUT2D eigenvalue weighted by molar-refractivity contribution is -0.140. The summed E-state index contributed by atoms with van der Waals surface area (Å²) >= 11 is 0. The molecule has 1 heterocycles. The fourth-order valence-electron chi connectivity index (χ4n) is 4.04. The van der Waals surface area contributed by atoms with Gasteiger partial charge in [-0.1, -0.05) is 24.3 Å². The van der Waals surface area contributed by atoms with Crippen molar-refractivity contribution in [2.24, 2.45) is 0 Å². The smallest absolute Gasteiger partial charge is 0.295 e. The summed E-state index contributed by atoms with van der Waals surface area (Å²) in [6.45, 7) is 0.655. The van der Waals surface area contributed by atoms with E-state index in [9.17, 15) is 19.1 Å². The molecule has 0 radical (unpaired) electrons. The van der Waals surface area contributed by atoms with Gasteiger partial charge in [-0.15, -0.1) is 0 Å². The predicted octanol–water partition coefficient (Wildman–Crippen LogP) is 4.48. The Kier molecular flexibility index (Phi) is 7.65. The second-order valence-electron chi connectivity index (χ2n) is 8.20. The van der Waals surface area contributed by atoms with Crippen LogP contribution in [0.2, 0.25) is 0 Å². The van der Waals surface area contributed by atoms with Gasteiger partial charge in [0.1, 0.15) is 29.7 Å². The summed E-state index contributed by atoms with van der Waals surface area (Å²) in [4.78, 5) is 27.3. The standard InChI is InChI=1S/C28H26FNO6/c1-34-16-15-30-25(19-5-13-23(14-6-19)36-17-18-3-9-21(29)10-4-18)24(27(32)28(30)33)26(31)20-7-11-22(35-2)12-8-20/h3-14,25,31H,15-17H2,1-2H3/b26-24-. The highest BCUT2D eigenvalue weighted by Gasteiger charge is 2.45. The molecule has 3 aromatic carbocycles. The van der Waals surface area contributed by atoms with Crippen LogP contribution >= 0.6 is 0 Å². The van der Waals surface area contributed by atoms with Gasteiger partial charge in [0.05, 0.1) is 25.3 Å². The molecule has 7 nitrogen and oxygen atoms in total. The number of carbonyl (C=O) groups is 2. The number of Topliss-reactive ketones (excluding diaryl/α,β-unsaturated/α-hetero) is 1. The van der Waals surface area contributed by atoms with E-state index in [1.807, 2.05) is 0 Å². The van der Waals surface area contributed by atoms with Gasteiger partial charge in [0.25, 0.3) is 11.7 Å². The van der Waals surface area contributed by atoms with E-state index in [0.29, 0.717) is 22.6 Å². The van der Waals surface area contributed by atoms with Gasteiger partial charge in [0, 0.05) is 19.2 Å². The number of amides is 1. The van der Waals surface area contributed by atoms with Crippen LogP contribution < -0.4 is 9.47 Å². The molecule has 0 spiro atoms. The van der Waals surface area contributed by atoms with Crippen molar-refractivity contribution in [2.45, 2.75) is 12.6 Å². The lowest BCUT2D eigenvalue weighted by Crippen LogP contribution is -2.32. The summed E-state index contributed by atoms with van der Waals surface area (Å²) in [6.07, 6.45) is 0. The van der Waals surface area contributed by atoms with E-state index in [4.69, 9.17) is 14.2 Å². The number of hydrogen-bond donors (Lipinski definition) is 1.